The van der Waals surface area contributed by atoms with Gasteiger partial charge in [-0.15, -0.1) is 0 Å². The monoisotopic (exact) mass is 330 g/mol. The number of rotatable bonds is 4. The summed E-state index contributed by atoms with van der Waals surface area (Å²) in [6.07, 6.45) is 4.20. The average Bonchev–Trinajstić information content (AvgIpc) is 2.91. The molecule has 6 heteroatoms. The van der Waals surface area contributed by atoms with Crippen molar-refractivity contribution >= 4 is 46.3 Å². The predicted octanol–water partition coefficient (Wildman–Crippen LogP) is 3.66. The minimum absolute atomic E-state index is 0.155. The zero-order chi connectivity index (χ0) is 14.7. The van der Waals surface area contributed by atoms with E-state index >= 15 is 0 Å². The maximum atomic E-state index is 12.7. The van der Waals surface area contributed by atoms with Gasteiger partial charge in [0.15, 0.2) is 0 Å². The van der Waals surface area contributed by atoms with Gasteiger partial charge in [0.05, 0.1) is 22.1 Å². The molecule has 0 heterocycles. The highest BCUT2D eigenvalue weighted by molar-refractivity contribution is 7.80. The van der Waals surface area contributed by atoms with Crippen molar-refractivity contribution in [2.45, 2.75) is 31.7 Å². The van der Waals surface area contributed by atoms with Crippen LogP contribution in [0.15, 0.2) is 18.2 Å². The molecule has 1 fully saturated rings. The van der Waals surface area contributed by atoms with E-state index in [4.69, 9.17) is 41.2 Å². The van der Waals surface area contributed by atoms with Crippen LogP contribution in [-0.4, -0.2) is 28.4 Å². The molecular weight excluding hydrogens is 315 g/mol. The topological polar surface area (TPSA) is 46.3 Å². The first-order chi connectivity index (χ1) is 9.49. The average molecular weight is 331 g/mol. The van der Waals surface area contributed by atoms with Crippen LogP contribution in [0.3, 0.4) is 0 Å². The lowest BCUT2D eigenvalue weighted by molar-refractivity contribution is 0.0715. The van der Waals surface area contributed by atoms with Crippen LogP contribution in [0.4, 0.5) is 0 Å². The molecule has 2 rings (SSSR count). The molecule has 0 atom stereocenters. The van der Waals surface area contributed by atoms with E-state index in [1.807, 2.05) is 0 Å². The predicted molar refractivity (Wildman–Crippen MR) is 86.5 cm³/mol. The molecule has 1 aromatic carbocycles. The van der Waals surface area contributed by atoms with Gasteiger partial charge in [0.25, 0.3) is 5.91 Å². The highest BCUT2D eigenvalue weighted by atomic mass is 35.5. The molecular formula is C14H16Cl2N2OS. The summed E-state index contributed by atoms with van der Waals surface area (Å²) in [5.74, 6) is -0.155. The van der Waals surface area contributed by atoms with E-state index in [1.165, 1.54) is 0 Å². The molecule has 1 aliphatic carbocycles. The zero-order valence-corrected chi connectivity index (χ0v) is 13.3. The third-order valence-corrected chi connectivity index (χ3v) is 4.21. The SMILES string of the molecule is NC(=S)CN(C(=O)c1cc(Cl)ccc1Cl)C1CCCC1. The van der Waals surface area contributed by atoms with Crippen LogP contribution in [0.25, 0.3) is 0 Å². The Morgan fingerprint density at radius 3 is 2.60 bits per heavy atom. The van der Waals surface area contributed by atoms with Crippen molar-refractivity contribution in [1.82, 2.24) is 4.90 Å². The van der Waals surface area contributed by atoms with Crippen LogP contribution >= 0.6 is 35.4 Å². The maximum absolute atomic E-state index is 12.7. The van der Waals surface area contributed by atoms with Gasteiger partial charge < -0.3 is 10.6 Å². The molecule has 0 radical (unpaired) electrons. The second-order valence-corrected chi connectivity index (χ2v) is 6.33. The molecule has 0 bridgehead atoms. The van der Waals surface area contributed by atoms with Crippen LogP contribution in [0.1, 0.15) is 36.0 Å². The largest absolute Gasteiger partial charge is 0.392 e. The number of benzene rings is 1. The number of halogens is 2. The number of carbonyl (C=O) groups excluding carboxylic acids is 1. The van der Waals surface area contributed by atoms with Gasteiger partial charge in [0, 0.05) is 11.1 Å². The Kier molecular flexibility index (Phi) is 5.24. The molecule has 0 spiro atoms. The van der Waals surface area contributed by atoms with Gasteiger partial charge in [-0.25, -0.2) is 0 Å². The van der Waals surface area contributed by atoms with Gasteiger partial charge in [-0.2, -0.15) is 0 Å². The lowest BCUT2D eigenvalue weighted by Crippen LogP contribution is -2.43. The third-order valence-electron chi connectivity index (χ3n) is 3.51. The number of thiocarbonyl (C=S) groups is 1. The molecule has 1 aliphatic rings. The summed E-state index contributed by atoms with van der Waals surface area (Å²) >= 11 is 17.0. The number of amides is 1. The Hall–Kier alpha value is -0.840. The summed E-state index contributed by atoms with van der Waals surface area (Å²) in [4.78, 5) is 14.7. The summed E-state index contributed by atoms with van der Waals surface area (Å²) in [5, 5.41) is 0.879. The normalized spacial score (nSPS) is 15.3. The number of carbonyl (C=O) groups is 1. The Bertz CT molecular complexity index is 530. The number of nitrogens with two attached hydrogens (primary N) is 1. The molecule has 1 aromatic rings. The number of nitrogens with zero attached hydrogens (tertiary/aromatic N) is 1. The summed E-state index contributed by atoms with van der Waals surface area (Å²) in [7, 11) is 0. The lowest BCUT2D eigenvalue weighted by Gasteiger charge is -2.29. The number of hydrogen-bond acceptors (Lipinski definition) is 2. The van der Waals surface area contributed by atoms with Crippen molar-refractivity contribution in [3.8, 4) is 0 Å². The van der Waals surface area contributed by atoms with E-state index in [9.17, 15) is 4.79 Å². The van der Waals surface area contributed by atoms with Crippen LogP contribution in [-0.2, 0) is 0 Å². The Balaban J connectivity index is 2.29. The van der Waals surface area contributed by atoms with E-state index in [-0.39, 0.29) is 18.5 Å². The van der Waals surface area contributed by atoms with E-state index in [1.54, 1.807) is 23.1 Å². The fourth-order valence-electron chi connectivity index (χ4n) is 2.57. The van der Waals surface area contributed by atoms with Crippen molar-refractivity contribution in [2.24, 2.45) is 5.73 Å². The van der Waals surface area contributed by atoms with Crippen molar-refractivity contribution in [3.63, 3.8) is 0 Å². The third kappa shape index (κ3) is 3.62. The van der Waals surface area contributed by atoms with Crippen LogP contribution < -0.4 is 5.73 Å². The summed E-state index contributed by atoms with van der Waals surface area (Å²) in [6, 6.07) is 5.06. The molecule has 0 unspecified atom stereocenters. The molecule has 0 aliphatic heterocycles. The van der Waals surface area contributed by atoms with Crippen LogP contribution in [0, 0.1) is 0 Å². The standard InChI is InChI=1S/C14H16Cl2N2OS/c15-9-5-6-12(16)11(7-9)14(19)18(8-13(17)20)10-3-1-2-4-10/h5-7,10H,1-4,8H2,(H2,17,20). The molecule has 1 saturated carbocycles. The van der Waals surface area contributed by atoms with Gasteiger partial charge >= 0.3 is 0 Å². The quantitative estimate of drug-likeness (QED) is 0.857. The molecule has 1 amide bonds. The summed E-state index contributed by atoms with van der Waals surface area (Å²) in [6.45, 7) is 0.279. The van der Waals surface area contributed by atoms with Crippen molar-refractivity contribution in [2.75, 3.05) is 6.54 Å². The number of hydrogen-bond donors (Lipinski definition) is 1. The first-order valence-corrected chi connectivity index (χ1v) is 7.70. The van der Waals surface area contributed by atoms with E-state index in [2.05, 4.69) is 0 Å². The zero-order valence-electron chi connectivity index (χ0n) is 10.9. The second-order valence-electron chi connectivity index (χ2n) is 4.96. The summed E-state index contributed by atoms with van der Waals surface area (Å²) in [5.41, 5.74) is 6.03. The molecule has 0 aromatic heterocycles. The Morgan fingerprint density at radius 1 is 1.35 bits per heavy atom. The van der Waals surface area contributed by atoms with Crippen molar-refractivity contribution in [1.29, 1.82) is 0 Å². The van der Waals surface area contributed by atoms with Gasteiger partial charge in [-0.3, -0.25) is 4.79 Å². The fraction of sp³-hybridized carbons (Fsp3) is 0.429. The molecule has 2 N–H and O–H groups in total. The first kappa shape index (κ1) is 15.5. The summed E-state index contributed by atoms with van der Waals surface area (Å²) < 4.78 is 0. The Labute approximate surface area is 134 Å². The Morgan fingerprint density at radius 2 is 2.00 bits per heavy atom. The maximum Gasteiger partial charge on any atom is 0.256 e. The van der Waals surface area contributed by atoms with E-state index in [0.717, 1.165) is 25.7 Å². The van der Waals surface area contributed by atoms with Gasteiger partial charge in [-0.1, -0.05) is 48.3 Å². The lowest BCUT2D eigenvalue weighted by atomic mass is 10.1. The van der Waals surface area contributed by atoms with Crippen LogP contribution in [0.2, 0.25) is 10.0 Å². The minimum Gasteiger partial charge on any atom is -0.392 e. The minimum atomic E-state index is -0.155. The molecule has 0 saturated heterocycles. The van der Waals surface area contributed by atoms with Gasteiger partial charge in [-0.05, 0) is 31.0 Å². The van der Waals surface area contributed by atoms with Gasteiger partial charge in [0.1, 0.15) is 0 Å². The van der Waals surface area contributed by atoms with E-state index in [0.29, 0.717) is 20.6 Å². The van der Waals surface area contributed by atoms with Crippen molar-refractivity contribution in [3.05, 3.63) is 33.8 Å². The molecule has 108 valence electrons. The highest BCUT2D eigenvalue weighted by Gasteiger charge is 2.28. The second kappa shape index (κ2) is 6.74. The van der Waals surface area contributed by atoms with Gasteiger partial charge in [0.2, 0.25) is 0 Å². The molecule has 20 heavy (non-hydrogen) atoms. The van der Waals surface area contributed by atoms with E-state index < -0.39 is 0 Å². The fourth-order valence-corrected chi connectivity index (χ4v) is 3.08. The first-order valence-electron chi connectivity index (χ1n) is 6.53. The molecule has 3 nitrogen and oxygen atoms in total. The highest BCUT2D eigenvalue weighted by Crippen LogP contribution is 2.28. The van der Waals surface area contributed by atoms with Crippen LogP contribution in [0.5, 0.6) is 0 Å². The smallest absolute Gasteiger partial charge is 0.256 e. The van der Waals surface area contributed by atoms with Crippen molar-refractivity contribution < 1.29 is 4.79 Å².